The van der Waals surface area contributed by atoms with E-state index in [1.54, 1.807) is 41.4 Å². The number of benzene rings is 5. The van der Waals surface area contributed by atoms with Gasteiger partial charge in [-0.25, -0.2) is 27.3 Å². The number of aliphatic carboxylic acids is 1. The van der Waals surface area contributed by atoms with Crippen LogP contribution in [0.4, 0.5) is 0 Å². The molecule has 0 aliphatic carbocycles. The van der Waals surface area contributed by atoms with E-state index >= 15 is 0 Å². The maximum atomic E-state index is 13.5. The molecule has 10 rings (SSSR count). The van der Waals surface area contributed by atoms with Gasteiger partial charge in [-0.1, -0.05) is 126 Å². The number of aromatic nitrogens is 4. The Hall–Kier alpha value is -8.57. The number of ketones is 1. The molecule has 3 aliphatic rings. The molecule has 484 valence electrons. The number of oxime groups is 2. The predicted octanol–water partition coefficient (Wildman–Crippen LogP) is 11.4. The lowest BCUT2D eigenvalue weighted by Crippen LogP contribution is -2.29. The summed E-state index contributed by atoms with van der Waals surface area (Å²) in [5.41, 5.74) is 7.12. The molecule has 7 aromatic rings. The zero-order valence-electron chi connectivity index (χ0n) is 52.6. The zero-order valence-corrected chi connectivity index (χ0v) is 55.0. The molecular formula is C67H76Cl2N6O15S. The molecule has 2 N–H and O–H groups in total. The molecule has 91 heavy (non-hydrogen) atoms. The third-order valence-electron chi connectivity index (χ3n) is 14.9. The number of sulfone groups is 1. The number of nitrogens with zero attached hydrogens (tertiary/aromatic N) is 6. The van der Waals surface area contributed by atoms with Gasteiger partial charge in [-0.3, -0.25) is 19.2 Å². The first-order chi connectivity index (χ1) is 43.3. The third-order valence-corrected chi connectivity index (χ3v) is 16.5. The largest absolute Gasteiger partial charge is 0.493 e. The molecule has 0 bridgehead atoms. The minimum absolute atomic E-state index is 0.0493. The predicted molar refractivity (Wildman–Crippen MR) is 345 cm³/mol. The van der Waals surface area contributed by atoms with Gasteiger partial charge in [0.1, 0.15) is 23.5 Å². The number of esters is 2. The first-order valence-corrected chi connectivity index (χ1v) is 32.3. The highest BCUT2D eigenvalue weighted by Gasteiger charge is 2.45. The SMILES string of the molecule is CCOC(=O)C1=NOC(c2ccccc2)(c2ccccc2)C1.CCc1cc(C)cc(CC)c1-c1c(OC(=O)C(C)(C)C)n2n(c1=O)CCOCC2.Cc1c(C(=O)c2cnn(C)c2O)ccc(S(C)(=O)=O)c1C1=NOCC1.O=C(O)CCCOc1ccc(Cl)cc1Cl. The number of hydrogen-bond acceptors (Lipinski definition) is 17. The molecule has 0 saturated heterocycles. The van der Waals surface area contributed by atoms with Gasteiger partial charge in [0, 0.05) is 53.4 Å². The van der Waals surface area contributed by atoms with Gasteiger partial charge in [0.05, 0.1) is 73.2 Å². The summed E-state index contributed by atoms with van der Waals surface area (Å²) in [5.74, 6) is -1.44. The minimum Gasteiger partial charge on any atom is -0.493 e. The van der Waals surface area contributed by atoms with Crippen LogP contribution in [0.2, 0.25) is 10.0 Å². The Morgan fingerprint density at radius 2 is 1.42 bits per heavy atom. The summed E-state index contributed by atoms with van der Waals surface area (Å²) >= 11 is 11.5. The van der Waals surface area contributed by atoms with E-state index in [1.807, 2.05) is 81.4 Å². The fraction of sp³-hybridized carbons (Fsp3) is 0.373. The Kier molecular flexibility index (Phi) is 23.8. The van der Waals surface area contributed by atoms with Gasteiger partial charge in [0.2, 0.25) is 11.8 Å². The van der Waals surface area contributed by atoms with E-state index < -0.39 is 38.6 Å². The highest BCUT2D eigenvalue weighted by molar-refractivity contribution is 7.90. The van der Waals surface area contributed by atoms with Crippen molar-refractivity contribution >= 4 is 68.2 Å². The van der Waals surface area contributed by atoms with Crippen LogP contribution >= 0.6 is 23.2 Å². The zero-order chi connectivity index (χ0) is 66.4. The molecule has 3 aliphatic heterocycles. The second-order valence-electron chi connectivity index (χ2n) is 22.5. The summed E-state index contributed by atoms with van der Waals surface area (Å²) in [4.78, 5) is 72.2. The van der Waals surface area contributed by atoms with Crippen molar-refractivity contribution in [1.82, 2.24) is 19.1 Å². The van der Waals surface area contributed by atoms with Crippen molar-refractivity contribution in [2.75, 3.05) is 39.3 Å². The average molecular weight is 1310 g/mol. The molecule has 24 heteroatoms. The first-order valence-electron chi connectivity index (χ1n) is 29.6. The van der Waals surface area contributed by atoms with Gasteiger partial charge in [-0.2, -0.15) is 5.10 Å². The van der Waals surface area contributed by atoms with Crippen LogP contribution in [0.3, 0.4) is 0 Å². The number of rotatable bonds is 17. The van der Waals surface area contributed by atoms with Crippen molar-refractivity contribution < 1.29 is 66.4 Å². The number of carboxylic acid groups (broad SMARTS) is 1. The molecule has 0 amide bonds. The fourth-order valence-electron chi connectivity index (χ4n) is 10.3. The van der Waals surface area contributed by atoms with Crippen LogP contribution in [0.25, 0.3) is 11.1 Å². The van der Waals surface area contributed by atoms with Gasteiger partial charge < -0.3 is 38.8 Å². The molecular weight excluding hydrogens is 1230 g/mol. The second-order valence-corrected chi connectivity index (χ2v) is 25.3. The molecule has 0 fully saturated rings. The monoisotopic (exact) mass is 1310 g/mol. The lowest BCUT2D eigenvalue weighted by atomic mass is 9.82. The Balaban J connectivity index is 0.000000176. The van der Waals surface area contributed by atoms with Crippen molar-refractivity contribution in [3.63, 3.8) is 0 Å². The summed E-state index contributed by atoms with van der Waals surface area (Å²) in [7, 11) is -2.00. The maximum Gasteiger partial charge on any atom is 0.356 e. The molecule has 21 nitrogen and oxygen atoms in total. The van der Waals surface area contributed by atoms with E-state index in [1.165, 1.54) is 35.6 Å². The van der Waals surface area contributed by atoms with Crippen molar-refractivity contribution in [2.45, 2.75) is 118 Å². The summed E-state index contributed by atoms with van der Waals surface area (Å²) in [5, 5.41) is 31.1. The van der Waals surface area contributed by atoms with Gasteiger partial charge in [0.25, 0.3) is 5.56 Å². The highest BCUT2D eigenvalue weighted by atomic mass is 35.5. The number of halogens is 2. The normalized spacial score (nSPS) is 14.0. The second kappa shape index (κ2) is 31.0. The number of carbonyl (C=O) groups is 4. The Morgan fingerprint density at radius 3 is 1.95 bits per heavy atom. The Morgan fingerprint density at radius 1 is 0.791 bits per heavy atom. The molecule has 0 spiro atoms. The van der Waals surface area contributed by atoms with Crippen LogP contribution in [0.1, 0.15) is 122 Å². The van der Waals surface area contributed by atoms with E-state index in [4.69, 9.17) is 56.9 Å². The smallest absolute Gasteiger partial charge is 0.356 e. The van der Waals surface area contributed by atoms with E-state index in [2.05, 4.69) is 48.3 Å². The standard InChI is InChI=1S/C23H32N2O4.C18H17NO3.C16H17N3O5S.C10H10Cl2O3/c1-7-16-13-15(3)14-17(8-2)18(16)19-20(26)24-9-11-28-12-10-25(24)21(19)29-22(27)23(4,5)6;1-2-21-17(20)16-13-18(22-19-16,14-9-5-3-6-10-14)15-11-7-4-8-12-15;1-9-10(15(20)11-8-17-19(2)16(11)21)4-5-13(25(3,22)23)14(9)12-6-7-24-18-12;11-7-3-4-9(8(12)6-7)15-5-1-2-10(13)14/h13-14H,7-12H2,1-6H3;3-12H,2,13H2,1H3;4-5,8,21H,6-7H2,1-3H3;3-4,6H,1-2,5H2,(H,13,14). The summed E-state index contributed by atoms with van der Waals surface area (Å²) in [6.07, 6.45) is 5.33. The van der Waals surface area contributed by atoms with Gasteiger partial charge in [-0.15, -0.1) is 0 Å². The van der Waals surface area contributed by atoms with Crippen molar-refractivity contribution in [3.05, 3.63) is 180 Å². The first kappa shape index (κ1) is 69.9. The van der Waals surface area contributed by atoms with Crippen LogP contribution in [-0.2, 0) is 81.9 Å². The summed E-state index contributed by atoms with van der Waals surface area (Å²) in [6.45, 7) is 18.0. The van der Waals surface area contributed by atoms with E-state index in [0.29, 0.717) is 115 Å². The molecule has 0 unspecified atom stereocenters. The quantitative estimate of drug-likeness (QED) is 0.0487. The maximum absolute atomic E-state index is 13.5. The number of carboxylic acids is 1. The lowest BCUT2D eigenvalue weighted by molar-refractivity contribution is -0.143. The van der Waals surface area contributed by atoms with Crippen molar-refractivity contribution in [3.8, 4) is 28.6 Å². The summed E-state index contributed by atoms with van der Waals surface area (Å²) in [6, 6.07) is 31.6. The average Bonchev–Trinajstić information content (AvgIpc) is 1.69. The molecule has 0 radical (unpaired) electrons. The Bertz CT molecular complexity index is 3960. The molecule has 0 atom stereocenters. The number of aryl methyl sites for hydroxylation is 4. The summed E-state index contributed by atoms with van der Waals surface area (Å²) < 4.78 is 50.7. The van der Waals surface area contributed by atoms with Gasteiger partial charge >= 0.3 is 17.9 Å². The van der Waals surface area contributed by atoms with E-state index in [9.17, 15) is 37.5 Å². The molecule has 5 heterocycles. The minimum atomic E-state index is -3.52. The molecule has 5 aromatic carbocycles. The Labute approximate surface area is 539 Å². The van der Waals surface area contributed by atoms with Gasteiger partial charge in [0.15, 0.2) is 26.9 Å². The van der Waals surface area contributed by atoms with Gasteiger partial charge in [-0.05, 0) is 113 Å². The number of carbonyl (C=O) groups excluding carboxylic acids is 3. The number of fused-ring (bicyclic) bond motifs is 1. The van der Waals surface area contributed by atoms with Crippen LogP contribution in [0.5, 0.6) is 17.5 Å². The lowest BCUT2D eigenvalue weighted by Gasteiger charge is -2.27. The highest BCUT2D eigenvalue weighted by Crippen LogP contribution is 2.42. The van der Waals surface area contributed by atoms with Crippen molar-refractivity contribution in [2.24, 2.45) is 22.8 Å². The van der Waals surface area contributed by atoms with Crippen LogP contribution in [0, 0.1) is 19.3 Å². The molecule has 2 aromatic heterocycles. The van der Waals surface area contributed by atoms with Crippen LogP contribution < -0.4 is 15.0 Å². The van der Waals surface area contributed by atoms with Crippen molar-refractivity contribution in [1.29, 1.82) is 0 Å². The number of aromatic hydroxyl groups is 1. The van der Waals surface area contributed by atoms with E-state index in [0.717, 1.165) is 46.9 Å². The van der Waals surface area contributed by atoms with E-state index in [-0.39, 0.29) is 39.9 Å². The fourth-order valence-corrected chi connectivity index (χ4v) is 11.7. The number of ether oxygens (including phenoxy) is 4. The van der Waals surface area contributed by atoms with Crippen LogP contribution in [0.15, 0.2) is 129 Å². The van der Waals surface area contributed by atoms with Crippen LogP contribution in [-0.4, -0.2) is 112 Å². The number of hydrogen-bond donors (Lipinski definition) is 2. The third kappa shape index (κ3) is 16.9. The topological polar surface area (TPSA) is 268 Å². The molecule has 0 saturated carbocycles.